The smallest absolute Gasteiger partial charge is 0.227 e. The number of phenols is 1. The predicted molar refractivity (Wildman–Crippen MR) is 107 cm³/mol. The van der Waals surface area contributed by atoms with Gasteiger partial charge in [-0.1, -0.05) is 48.5 Å². The molecule has 2 aromatic carbocycles. The van der Waals surface area contributed by atoms with Crippen molar-refractivity contribution in [3.63, 3.8) is 0 Å². The molecular weight excluding hydrogens is 336 g/mol. The van der Waals surface area contributed by atoms with Crippen molar-refractivity contribution >= 4 is 5.91 Å². The van der Waals surface area contributed by atoms with E-state index in [2.05, 4.69) is 42.3 Å². The van der Waals surface area contributed by atoms with Crippen molar-refractivity contribution in [1.82, 2.24) is 9.80 Å². The summed E-state index contributed by atoms with van der Waals surface area (Å²) in [5.74, 6) is 0.909. The van der Waals surface area contributed by atoms with E-state index in [-0.39, 0.29) is 23.6 Å². The lowest BCUT2D eigenvalue weighted by Gasteiger charge is -2.43. The maximum atomic E-state index is 12.7. The summed E-state index contributed by atoms with van der Waals surface area (Å²) in [6.07, 6.45) is 3.51. The topological polar surface area (TPSA) is 43.8 Å². The standard InChI is InChI=1S/C23H28N2O2/c1-24-17-20(18-7-3-2-4-8-18)16-23(24)11-13-25(14-12-23)22(27)15-19-9-5-6-10-21(19)26/h2-10,20,26H,11-17H2,1H3/t20-/m1/s1. The monoisotopic (exact) mass is 364 g/mol. The highest BCUT2D eigenvalue weighted by atomic mass is 16.3. The molecule has 1 atom stereocenters. The summed E-state index contributed by atoms with van der Waals surface area (Å²) in [7, 11) is 2.24. The number of benzene rings is 2. The normalized spacial score (nSPS) is 22.3. The molecule has 2 fully saturated rings. The minimum atomic E-state index is 0.117. The average molecular weight is 364 g/mol. The molecule has 1 spiro atoms. The van der Waals surface area contributed by atoms with Crippen LogP contribution in [0.25, 0.3) is 0 Å². The third-order valence-corrected chi connectivity index (χ3v) is 6.58. The number of likely N-dealkylation sites (N-methyl/N-ethyl adjacent to an activating group) is 1. The van der Waals surface area contributed by atoms with E-state index in [1.54, 1.807) is 12.1 Å². The van der Waals surface area contributed by atoms with E-state index in [0.717, 1.165) is 32.5 Å². The first-order valence-electron chi connectivity index (χ1n) is 9.88. The van der Waals surface area contributed by atoms with Gasteiger partial charge in [0.05, 0.1) is 6.42 Å². The Balaban J connectivity index is 1.38. The third kappa shape index (κ3) is 3.59. The largest absolute Gasteiger partial charge is 0.508 e. The fraction of sp³-hybridized carbons (Fsp3) is 0.435. The van der Waals surface area contributed by atoms with Gasteiger partial charge in [-0.3, -0.25) is 9.69 Å². The Hall–Kier alpha value is -2.33. The quantitative estimate of drug-likeness (QED) is 0.908. The molecule has 2 heterocycles. The van der Waals surface area contributed by atoms with E-state index < -0.39 is 0 Å². The number of carbonyl (C=O) groups excluding carboxylic acids is 1. The van der Waals surface area contributed by atoms with Crippen LogP contribution in [0.1, 0.15) is 36.3 Å². The zero-order valence-electron chi connectivity index (χ0n) is 16.0. The summed E-state index contributed by atoms with van der Waals surface area (Å²) in [6.45, 7) is 2.70. The highest BCUT2D eigenvalue weighted by Crippen LogP contribution is 2.44. The van der Waals surface area contributed by atoms with Crippen LogP contribution in [0.4, 0.5) is 0 Å². The van der Waals surface area contributed by atoms with Crippen LogP contribution in [0.2, 0.25) is 0 Å². The van der Waals surface area contributed by atoms with Gasteiger partial charge < -0.3 is 10.0 Å². The summed E-state index contributed by atoms with van der Waals surface area (Å²) >= 11 is 0. The summed E-state index contributed by atoms with van der Waals surface area (Å²) in [4.78, 5) is 17.2. The number of amides is 1. The Morgan fingerprint density at radius 2 is 1.74 bits per heavy atom. The van der Waals surface area contributed by atoms with Gasteiger partial charge in [-0.2, -0.15) is 0 Å². The zero-order valence-corrected chi connectivity index (χ0v) is 16.0. The molecule has 0 aromatic heterocycles. The zero-order chi connectivity index (χ0) is 18.9. The van der Waals surface area contributed by atoms with Gasteiger partial charge in [0.2, 0.25) is 5.91 Å². The molecule has 0 aliphatic carbocycles. The second-order valence-electron chi connectivity index (χ2n) is 8.10. The van der Waals surface area contributed by atoms with E-state index in [0.29, 0.717) is 11.5 Å². The molecule has 2 saturated heterocycles. The molecule has 4 nitrogen and oxygen atoms in total. The molecule has 0 unspecified atom stereocenters. The maximum Gasteiger partial charge on any atom is 0.227 e. The number of carbonyl (C=O) groups is 1. The molecule has 27 heavy (non-hydrogen) atoms. The molecule has 4 heteroatoms. The maximum absolute atomic E-state index is 12.7. The second-order valence-corrected chi connectivity index (χ2v) is 8.10. The lowest BCUT2D eigenvalue weighted by atomic mass is 9.81. The molecule has 0 saturated carbocycles. The van der Waals surface area contributed by atoms with Crippen LogP contribution in [0, 0.1) is 0 Å². The Morgan fingerprint density at radius 1 is 1.07 bits per heavy atom. The third-order valence-electron chi connectivity index (χ3n) is 6.58. The van der Waals surface area contributed by atoms with Gasteiger partial charge in [0, 0.05) is 30.7 Å². The van der Waals surface area contributed by atoms with Gasteiger partial charge in [-0.15, -0.1) is 0 Å². The first-order chi connectivity index (χ1) is 13.1. The van der Waals surface area contributed by atoms with E-state index in [1.165, 1.54) is 12.0 Å². The minimum absolute atomic E-state index is 0.117. The first kappa shape index (κ1) is 18.1. The van der Waals surface area contributed by atoms with Crippen molar-refractivity contribution in [2.24, 2.45) is 0 Å². The van der Waals surface area contributed by atoms with Gasteiger partial charge in [-0.05, 0) is 43.9 Å². The molecule has 0 bridgehead atoms. The summed E-state index contributed by atoms with van der Waals surface area (Å²) in [5, 5.41) is 9.92. The van der Waals surface area contributed by atoms with Crippen LogP contribution in [0.15, 0.2) is 54.6 Å². The van der Waals surface area contributed by atoms with Gasteiger partial charge in [-0.25, -0.2) is 0 Å². The van der Waals surface area contributed by atoms with Crippen LogP contribution in [0.3, 0.4) is 0 Å². The van der Waals surface area contributed by atoms with E-state index >= 15 is 0 Å². The molecule has 142 valence electrons. The van der Waals surface area contributed by atoms with Crippen LogP contribution in [0.5, 0.6) is 5.75 Å². The van der Waals surface area contributed by atoms with Gasteiger partial charge in [0.15, 0.2) is 0 Å². The molecule has 1 N–H and O–H groups in total. The molecule has 2 aliphatic heterocycles. The fourth-order valence-corrected chi connectivity index (χ4v) is 4.84. The van der Waals surface area contributed by atoms with Gasteiger partial charge in [0.1, 0.15) is 5.75 Å². The van der Waals surface area contributed by atoms with E-state index in [1.807, 2.05) is 17.0 Å². The predicted octanol–water partition coefficient (Wildman–Crippen LogP) is 3.42. The number of phenolic OH excluding ortho intramolecular Hbond substituents is 1. The minimum Gasteiger partial charge on any atom is -0.508 e. The van der Waals surface area contributed by atoms with Gasteiger partial charge >= 0.3 is 0 Å². The Kier molecular flexibility index (Phi) is 4.92. The van der Waals surface area contributed by atoms with Crippen LogP contribution < -0.4 is 0 Å². The number of rotatable bonds is 3. The number of para-hydroxylation sites is 1. The summed E-state index contributed by atoms with van der Waals surface area (Å²) in [6, 6.07) is 17.9. The first-order valence-corrected chi connectivity index (χ1v) is 9.88. The average Bonchev–Trinajstić information content (AvgIpc) is 3.01. The number of likely N-dealkylation sites (tertiary alicyclic amines) is 2. The van der Waals surface area contributed by atoms with Crippen molar-refractivity contribution < 1.29 is 9.90 Å². The van der Waals surface area contributed by atoms with Crippen molar-refractivity contribution in [2.45, 2.75) is 37.1 Å². The van der Waals surface area contributed by atoms with Crippen molar-refractivity contribution in [3.05, 3.63) is 65.7 Å². The second kappa shape index (κ2) is 7.35. The highest BCUT2D eigenvalue weighted by Gasteiger charge is 2.46. The van der Waals surface area contributed by atoms with Crippen molar-refractivity contribution in [1.29, 1.82) is 0 Å². The van der Waals surface area contributed by atoms with Crippen LogP contribution >= 0.6 is 0 Å². The Labute approximate surface area is 161 Å². The molecule has 4 rings (SSSR count). The number of piperidine rings is 1. The van der Waals surface area contributed by atoms with Crippen molar-refractivity contribution in [3.8, 4) is 5.75 Å². The van der Waals surface area contributed by atoms with Crippen LogP contribution in [-0.4, -0.2) is 53.0 Å². The van der Waals surface area contributed by atoms with E-state index in [9.17, 15) is 9.90 Å². The van der Waals surface area contributed by atoms with Crippen molar-refractivity contribution in [2.75, 3.05) is 26.7 Å². The molecule has 2 aliphatic rings. The molecular formula is C23H28N2O2. The molecule has 1 amide bonds. The fourth-order valence-electron chi connectivity index (χ4n) is 4.84. The summed E-state index contributed by atoms with van der Waals surface area (Å²) < 4.78 is 0. The van der Waals surface area contributed by atoms with E-state index in [4.69, 9.17) is 0 Å². The molecule has 0 radical (unpaired) electrons. The number of aromatic hydroxyl groups is 1. The van der Waals surface area contributed by atoms with Gasteiger partial charge in [0.25, 0.3) is 0 Å². The molecule has 2 aromatic rings. The number of hydrogen-bond donors (Lipinski definition) is 1. The number of hydrogen-bond acceptors (Lipinski definition) is 3. The Bertz CT molecular complexity index is 797. The number of nitrogens with zero attached hydrogens (tertiary/aromatic N) is 2. The SMILES string of the molecule is CN1C[C@H](c2ccccc2)CC12CCN(C(=O)Cc1ccccc1O)CC2. The lowest BCUT2D eigenvalue weighted by Crippen LogP contribution is -2.52. The Morgan fingerprint density at radius 3 is 2.44 bits per heavy atom. The summed E-state index contributed by atoms with van der Waals surface area (Å²) in [5.41, 5.74) is 2.36. The highest BCUT2D eigenvalue weighted by molar-refractivity contribution is 5.79. The lowest BCUT2D eigenvalue weighted by molar-refractivity contribution is -0.132. The van der Waals surface area contributed by atoms with Crippen LogP contribution in [-0.2, 0) is 11.2 Å².